The van der Waals surface area contributed by atoms with E-state index in [1.54, 1.807) is 6.08 Å². The van der Waals surface area contributed by atoms with Crippen LogP contribution in [-0.2, 0) is 14.3 Å². The molecule has 0 aliphatic carbocycles. The first kappa shape index (κ1) is 76.2. The van der Waals surface area contributed by atoms with Crippen molar-refractivity contribution in [3.05, 3.63) is 48.6 Å². The zero-order valence-electron chi connectivity index (χ0n) is 52.6. The van der Waals surface area contributed by atoms with Gasteiger partial charge < -0.3 is 40.3 Å². The Morgan fingerprint density at radius 2 is 0.750 bits per heavy atom. The third-order valence-electron chi connectivity index (χ3n) is 16.6. The number of unbranched alkanes of at least 4 members (excludes halogenated alkanes) is 45. The number of nitrogens with one attached hydrogen (secondary N) is 1. The normalized spacial score (nSPS) is 18.7. The molecular weight excluding hydrogens is 995 g/mol. The lowest BCUT2D eigenvalue weighted by Gasteiger charge is -2.40. The number of aliphatic hydroxyl groups is 5. The molecule has 9 nitrogen and oxygen atoms in total. The summed E-state index contributed by atoms with van der Waals surface area (Å²) in [5.41, 5.74) is 0. The smallest absolute Gasteiger partial charge is 0.220 e. The zero-order valence-corrected chi connectivity index (χ0v) is 52.6. The van der Waals surface area contributed by atoms with Crippen molar-refractivity contribution >= 4 is 5.91 Å². The largest absolute Gasteiger partial charge is 0.394 e. The number of rotatable bonds is 61. The van der Waals surface area contributed by atoms with Gasteiger partial charge in [0.15, 0.2) is 6.29 Å². The average molecular weight is 1130 g/mol. The van der Waals surface area contributed by atoms with Crippen LogP contribution in [0.25, 0.3) is 0 Å². The van der Waals surface area contributed by atoms with E-state index in [1.165, 1.54) is 276 Å². The minimum Gasteiger partial charge on any atom is -0.394 e. The lowest BCUT2D eigenvalue weighted by molar-refractivity contribution is -0.302. The first-order valence-electron chi connectivity index (χ1n) is 34.9. The Morgan fingerprint density at radius 1 is 0.425 bits per heavy atom. The SMILES string of the molecule is CCCCCCC/C=C\C/C=C\CCCCCCCCCCCCCCCCCCCC(=O)NC(COC1OC(CO)C(O)C(O)C1O)C(O)/C=C/CC/C=C/CCCCCCCCCCCCCCCCCCCCCCCC. The van der Waals surface area contributed by atoms with Gasteiger partial charge in [0.05, 0.1) is 25.4 Å². The fourth-order valence-electron chi connectivity index (χ4n) is 11.1. The summed E-state index contributed by atoms with van der Waals surface area (Å²) in [7, 11) is 0. The topological polar surface area (TPSA) is 149 Å². The molecule has 9 heteroatoms. The van der Waals surface area contributed by atoms with Gasteiger partial charge in [-0.05, 0) is 64.2 Å². The van der Waals surface area contributed by atoms with Crippen LogP contribution < -0.4 is 5.32 Å². The van der Waals surface area contributed by atoms with Gasteiger partial charge in [0.25, 0.3) is 0 Å². The number of carbonyl (C=O) groups excluding carboxylic acids is 1. The highest BCUT2D eigenvalue weighted by atomic mass is 16.7. The fraction of sp³-hybridized carbons (Fsp3) is 0.873. The van der Waals surface area contributed by atoms with Gasteiger partial charge in [-0.25, -0.2) is 0 Å². The van der Waals surface area contributed by atoms with Gasteiger partial charge in [-0.1, -0.05) is 319 Å². The van der Waals surface area contributed by atoms with Gasteiger partial charge in [0, 0.05) is 6.42 Å². The Labute approximate surface area is 494 Å². The van der Waals surface area contributed by atoms with Crippen LogP contribution in [0.15, 0.2) is 48.6 Å². The van der Waals surface area contributed by atoms with E-state index < -0.39 is 49.5 Å². The molecule has 0 bridgehead atoms. The third kappa shape index (κ3) is 48.5. The van der Waals surface area contributed by atoms with Crippen LogP contribution in [0, 0.1) is 0 Å². The molecule has 6 N–H and O–H groups in total. The van der Waals surface area contributed by atoms with Crippen LogP contribution in [0.5, 0.6) is 0 Å². The van der Waals surface area contributed by atoms with E-state index in [4.69, 9.17) is 9.47 Å². The summed E-state index contributed by atoms with van der Waals surface area (Å²) in [5, 5.41) is 54.7. The first-order valence-corrected chi connectivity index (χ1v) is 34.9. The molecule has 0 radical (unpaired) electrons. The standard InChI is InChI=1S/C71H133NO8/c1-3-5-7-9-11-13-15-17-19-21-23-25-27-29-31-33-35-37-39-41-43-45-47-49-51-53-55-57-59-61-67(75)72-64(63-79-71-70(78)69(77)68(76)66(62-73)80-71)65(74)60-58-56-54-52-50-48-46-44-42-40-38-36-34-32-30-28-26-24-22-20-18-16-14-12-10-8-6-4-2/h15,17,21,23,50,52,58,60,64-66,68-71,73-74,76-78H,3-14,16,18-20,22,24-49,51,53-57,59,61-63H2,1-2H3,(H,72,75)/b17-15-,23-21-,52-50+,60-58+. The van der Waals surface area contributed by atoms with E-state index >= 15 is 0 Å². The Balaban J connectivity index is 2.15. The minimum atomic E-state index is -1.57. The summed E-state index contributed by atoms with van der Waals surface area (Å²) in [6.45, 7) is 3.80. The highest BCUT2D eigenvalue weighted by Crippen LogP contribution is 2.23. The van der Waals surface area contributed by atoms with E-state index in [-0.39, 0.29) is 12.5 Å². The Hall–Kier alpha value is -1.85. The molecule has 1 rings (SSSR count). The molecule has 1 fully saturated rings. The number of ether oxygens (including phenoxy) is 2. The van der Waals surface area contributed by atoms with E-state index in [1.807, 2.05) is 6.08 Å². The molecule has 1 amide bonds. The molecule has 470 valence electrons. The molecule has 7 unspecified atom stereocenters. The van der Waals surface area contributed by atoms with Gasteiger partial charge in [-0.3, -0.25) is 4.79 Å². The monoisotopic (exact) mass is 1130 g/mol. The van der Waals surface area contributed by atoms with Crippen LogP contribution in [0.3, 0.4) is 0 Å². The zero-order chi connectivity index (χ0) is 57.9. The third-order valence-corrected chi connectivity index (χ3v) is 16.6. The molecule has 80 heavy (non-hydrogen) atoms. The van der Waals surface area contributed by atoms with E-state index in [0.29, 0.717) is 6.42 Å². The maximum absolute atomic E-state index is 13.1. The predicted molar refractivity (Wildman–Crippen MR) is 341 cm³/mol. The number of amides is 1. The van der Waals surface area contributed by atoms with Gasteiger partial charge in [-0.2, -0.15) is 0 Å². The lowest BCUT2D eigenvalue weighted by atomic mass is 9.99. The van der Waals surface area contributed by atoms with E-state index in [0.717, 1.165) is 44.9 Å². The highest BCUT2D eigenvalue weighted by Gasteiger charge is 2.44. The van der Waals surface area contributed by atoms with Crippen molar-refractivity contribution in [2.45, 2.75) is 384 Å². The summed E-state index contributed by atoms with van der Waals surface area (Å²) in [5.74, 6) is -0.181. The van der Waals surface area contributed by atoms with Crippen LogP contribution >= 0.6 is 0 Å². The van der Waals surface area contributed by atoms with Crippen molar-refractivity contribution in [1.29, 1.82) is 0 Å². The summed E-state index contributed by atoms with van der Waals surface area (Å²) in [4.78, 5) is 13.1. The Kier molecular flexibility index (Phi) is 57.4. The van der Waals surface area contributed by atoms with Crippen molar-refractivity contribution in [3.63, 3.8) is 0 Å². The van der Waals surface area contributed by atoms with E-state index in [2.05, 4.69) is 55.6 Å². The summed E-state index contributed by atoms with van der Waals surface area (Å²) in [6.07, 6.45) is 75.0. The second-order valence-electron chi connectivity index (χ2n) is 24.3. The van der Waals surface area contributed by atoms with Gasteiger partial charge in [0.2, 0.25) is 5.91 Å². The van der Waals surface area contributed by atoms with Crippen LogP contribution in [0.2, 0.25) is 0 Å². The minimum absolute atomic E-state index is 0.181. The maximum atomic E-state index is 13.1. The van der Waals surface area contributed by atoms with Crippen molar-refractivity contribution in [2.24, 2.45) is 0 Å². The second-order valence-corrected chi connectivity index (χ2v) is 24.3. The number of allylic oxidation sites excluding steroid dienone is 7. The van der Waals surface area contributed by atoms with Crippen molar-refractivity contribution in [3.8, 4) is 0 Å². The first-order chi connectivity index (χ1) is 39.3. The lowest BCUT2D eigenvalue weighted by Crippen LogP contribution is -2.60. The summed E-state index contributed by atoms with van der Waals surface area (Å²) >= 11 is 0. The number of carbonyl (C=O) groups is 1. The molecular formula is C71H133NO8. The molecule has 0 spiro atoms. The molecule has 0 aromatic rings. The highest BCUT2D eigenvalue weighted by molar-refractivity contribution is 5.76. The molecule has 0 aromatic heterocycles. The Morgan fingerprint density at radius 3 is 1.12 bits per heavy atom. The fourth-order valence-corrected chi connectivity index (χ4v) is 11.1. The Bertz CT molecular complexity index is 1400. The van der Waals surface area contributed by atoms with Gasteiger partial charge in [0.1, 0.15) is 24.4 Å². The number of aliphatic hydroxyl groups excluding tert-OH is 5. The average Bonchev–Trinajstić information content (AvgIpc) is 3.46. The number of hydrogen-bond acceptors (Lipinski definition) is 8. The maximum Gasteiger partial charge on any atom is 0.220 e. The quantitative estimate of drug-likeness (QED) is 0.0261. The second kappa shape index (κ2) is 60.3. The van der Waals surface area contributed by atoms with Crippen LogP contribution in [0.4, 0.5) is 0 Å². The van der Waals surface area contributed by atoms with Crippen molar-refractivity contribution in [2.75, 3.05) is 13.2 Å². The predicted octanol–water partition coefficient (Wildman–Crippen LogP) is 18.8. The molecule has 1 aliphatic rings. The summed E-state index contributed by atoms with van der Waals surface area (Å²) in [6, 6.07) is -0.823. The molecule has 7 atom stereocenters. The van der Waals surface area contributed by atoms with E-state index in [9.17, 15) is 30.3 Å². The van der Waals surface area contributed by atoms with Gasteiger partial charge >= 0.3 is 0 Å². The summed E-state index contributed by atoms with van der Waals surface area (Å²) < 4.78 is 11.3. The van der Waals surface area contributed by atoms with Gasteiger partial charge in [-0.15, -0.1) is 0 Å². The molecule has 0 aromatic carbocycles. The van der Waals surface area contributed by atoms with Crippen LogP contribution in [-0.4, -0.2) is 87.5 Å². The molecule has 1 aliphatic heterocycles. The van der Waals surface area contributed by atoms with Crippen molar-refractivity contribution in [1.82, 2.24) is 5.32 Å². The number of hydrogen-bond donors (Lipinski definition) is 6. The van der Waals surface area contributed by atoms with Crippen LogP contribution in [0.1, 0.15) is 341 Å². The molecule has 1 saturated heterocycles. The molecule has 0 saturated carbocycles. The van der Waals surface area contributed by atoms with Crippen molar-refractivity contribution < 1.29 is 39.8 Å². The molecule has 1 heterocycles.